The number of aldehydes is 1. The average Bonchev–Trinajstić information content (AvgIpc) is 2.17. The molecule has 0 rings (SSSR count). The molecule has 0 spiro atoms. The molecule has 0 radical (unpaired) electrons. The van der Waals surface area contributed by atoms with Gasteiger partial charge in [0, 0.05) is 6.54 Å². The Morgan fingerprint density at radius 3 is 2.07 bits per heavy atom. The van der Waals surface area contributed by atoms with Crippen molar-refractivity contribution in [1.29, 1.82) is 0 Å². The van der Waals surface area contributed by atoms with Crippen molar-refractivity contribution in [3.05, 3.63) is 0 Å². The molecule has 0 aliphatic heterocycles. The summed E-state index contributed by atoms with van der Waals surface area (Å²) >= 11 is 0. The molecule has 9 heteroatoms. The van der Waals surface area contributed by atoms with E-state index in [1.54, 1.807) is 0 Å². The number of amides is 4. The zero-order valence-corrected chi connectivity index (χ0v) is 8.00. The highest BCUT2D eigenvalue weighted by Gasteiger charge is 2.19. The van der Waals surface area contributed by atoms with Crippen molar-refractivity contribution in [1.82, 2.24) is 10.0 Å². The van der Waals surface area contributed by atoms with Crippen molar-refractivity contribution in [3.8, 4) is 0 Å². The maximum absolute atomic E-state index is 10.6. The van der Waals surface area contributed by atoms with Gasteiger partial charge in [0.05, 0.1) is 0 Å². The fourth-order valence-electron chi connectivity index (χ4n) is 0.818. The molecule has 0 fully saturated rings. The van der Waals surface area contributed by atoms with Crippen LogP contribution in [0.25, 0.3) is 0 Å². The van der Waals surface area contributed by atoms with Crippen LogP contribution in [0.15, 0.2) is 0 Å². The summed E-state index contributed by atoms with van der Waals surface area (Å²) in [5.74, 6) is 10.3. The van der Waals surface area contributed by atoms with Gasteiger partial charge in [0.15, 0.2) is 0 Å². The Kier molecular flexibility index (Phi) is 5.06. The monoisotopic (exact) mass is 218 g/mol. The molecular formula is C6H14N6O3. The molecule has 4 amide bonds. The molecular weight excluding hydrogens is 204 g/mol. The second-order valence-corrected chi connectivity index (χ2v) is 2.77. The summed E-state index contributed by atoms with van der Waals surface area (Å²) in [5, 5.41) is 1.26. The standard InChI is InChI=1S/C6H14N6O3/c7-5(14)11(9)2-1-4(3-13)12(10)6(8)15/h3-4H,1-2,9-10H2,(H2,7,14)(H2,8,15). The van der Waals surface area contributed by atoms with Crippen LogP contribution in [-0.2, 0) is 4.79 Å². The first-order valence-corrected chi connectivity index (χ1v) is 4.00. The molecule has 1 atom stereocenters. The van der Waals surface area contributed by atoms with Crippen molar-refractivity contribution in [3.63, 3.8) is 0 Å². The van der Waals surface area contributed by atoms with Crippen LogP contribution in [-0.4, -0.2) is 41.0 Å². The second kappa shape index (κ2) is 5.78. The zero-order chi connectivity index (χ0) is 12.0. The molecule has 86 valence electrons. The number of carbonyl (C=O) groups is 3. The first-order valence-electron chi connectivity index (χ1n) is 4.00. The summed E-state index contributed by atoms with van der Waals surface area (Å²) in [7, 11) is 0. The molecule has 0 heterocycles. The summed E-state index contributed by atoms with van der Waals surface area (Å²) in [5.41, 5.74) is 9.68. The fraction of sp³-hybridized carbons (Fsp3) is 0.500. The third-order valence-corrected chi connectivity index (χ3v) is 1.72. The third kappa shape index (κ3) is 4.24. The minimum absolute atomic E-state index is 0.0142. The summed E-state index contributed by atoms with van der Waals surface area (Å²) in [6, 6.07) is -2.73. The Morgan fingerprint density at radius 1 is 1.20 bits per heavy atom. The molecule has 15 heavy (non-hydrogen) atoms. The van der Waals surface area contributed by atoms with Gasteiger partial charge in [-0.05, 0) is 6.42 Å². The van der Waals surface area contributed by atoms with Gasteiger partial charge in [0.2, 0.25) is 0 Å². The number of hydrogen-bond acceptors (Lipinski definition) is 5. The Balaban J connectivity index is 4.17. The third-order valence-electron chi connectivity index (χ3n) is 1.72. The lowest BCUT2D eigenvalue weighted by Gasteiger charge is -2.22. The molecule has 0 aliphatic rings. The first kappa shape index (κ1) is 13.1. The largest absolute Gasteiger partial charge is 0.350 e. The van der Waals surface area contributed by atoms with E-state index in [0.29, 0.717) is 16.3 Å². The van der Waals surface area contributed by atoms with E-state index in [4.69, 9.17) is 23.2 Å². The lowest BCUT2D eigenvalue weighted by molar-refractivity contribution is -0.111. The molecule has 0 aromatic carbocycles. The van der Waals surface area contributed by atoms with Gasteiger partial charge < -0.3 is 16.3 Å². The van der Waals surface area contributed by atoms with Crippen LogP contribution in [0.1, 0.15) is 6.42 Å². The van der Waals surface area contributed by atoms with E-state index in [9.17, 15) is 14.4 Å². The molecule has 0 aromatic heterocycles. The van der Waals surface area contributed by atoms with Crippen LogP contribution in [0, 0.1) is 0 Å². The molecule has 0 saturated heterocycles. The predicted molar refractivity (Wildman–Crippen MR) is 50.6 cm³/mol. The Bertz CT molecular complexity index is 257. The molecule has 0 aliphatic carbocycles. The van der Waals surface area contributed by atoms with Crippen LogP contribution in [0.3, 0.4) is 0 Å². The minimum Gasteiger partial charge on any atom is -0.350 e. The van der Waals surface area contributed by atoms with E-state index in [-0.39, 0.29) is 13.0 Å². The Labute approximate surface area is 85.9 Å². The number of urea groups is 2. The average molecular weight is 218 g/mol. The maximum Gasteiger partial charge on any atom is 0.329 e. The summed E-state index contributed by atoms with van der Waals surface area (Å²) in [6.07, 6.45) is 0.488. The number of hydrazine groups is 2. The highest BCUT2D eigenvalue weighted by atomic mass is 16.2. The van der Waals surface area contributed by atoms with E-state index in [1.165, 1.54) is 0 Å². The zero-order valence-electron chi connectivity index (χ0n) is 8.00. The Hall–Kier alpha value is -1.87. The van der Waals surface area contributed by atoms with Crippen LogP contribution in [0.4, 0.5) is 9.59 Å². The highest BCUT2D eigenvalue weighted by molar-refractivity contribution is 5.76. The normalized spacial score (nSPS) is 11.6. The van der Waals surface area contributed by atoms with Gasteiger partial charge in [-0.15, -0.1) is 0 Å². The van der Waals surface area contributed by atoms with Crippen molar-refractivity contribution >= 4 is 18.3 Å². The predicted octanol–water partition coefficient (Wildman–Crippen LogP) is -2.55. The van der Waals surface area contributed by atoms with E-state index < -0.39 is 18.1 Å². The van der Waals surface area contributed by atoms with Gasteiger partial charge in [-0.3, -0.25) is 10.0 Å². The number of rotatable bonds is 5. The highest BCUT2D eigenvalue weighted by Crippen LogP contribution is 1.97. The van der Waals surface area contributed by atoms with E-state index >= 15 is 0 Å². The van der Waals surface area contributed by atoms with Crippen molar-refractivity contribution < 1.29 is 14.4 Å². The Morgan fingerprint density at radius 2 is 1.73 bits per heavy atom. The molecule has 9 nitrogen and oxygen atoms in total. The molecule has 0 saturated carbocycles. The van der Waals surface area contributed by atoms with E-state index in [2.05, 4.69) is 0 Å². The number of carbonyl (C=O) groups excluding carboxylic acids is 3. The van der Waals surface area contributed by atoms with Crippen molar-refractivity contribution in [2.75, 3.05) is 6.54 Å². The number of primary amides is 2. The molecule has 0 aromatic rings. The molecule has 0 bridgehead atoms. The quantitative estimate of drug-likeness (QED) is 0.172. The van der Waals surface area contributed by atoms with E-state index in [1.807, 2.05) is 0 Å². The number of hydrogen-bond donors (Lipinski definition) is 4. The first-order chi connectivity index (χ1) is 6.90. The lowest BCUT2D eigenvalue weighted by Crippen LogP contribution is -2.51. The SMILES string of the molecule is NC(=O)N(N)CCC(C=O)N(N)C(N)=O. The van der Waals surface area contributed by atoms with Crippen molar-refractivity contribution in [2.45, 2.75) is 12.5 Å². The summed E-state index contributed by atoms with van der Waals surface area (Å²) in [4.78, 5) is 31.6. The van der Waals surface area contributed by atoms with Crippen LogP contribution in [0.5, 0.6) is 0 Å². The lowest BCUT2D eigenvalue weighted by atomic mass is 10.2. The topological polar surface area (TPSA) is 162 Å². The van der Waals surface area contributed by atoms with Gasteiger partial charge in [-0.25, -0.2) is 21.3 Å². The van der Waals surface area contributed by atoms with Crippen LogP contribution < -0.4 is 23.2 Å². The molecule has 8 N–H and O–H groups in total. The maximum atomic E-state index is 10.6. The van der Waals surface area contributed by atoms with Crippen LogP contribution in [0.2, 0.25) is 0 Å². The van der Waals surface area contributed by atoms with Gasteiger partial charge in [-0.1, -0.05) is 0 Å². The second-order valence-electron chi connectivity index (χ2n) is 2.77. The smallest absolute Gasteiger partial charge is 0.329 e. The van der Waals surface area contributed by atoms with Gasteiger partial charge in [0.1, 0.15) is 12.3 Å². The number of nitrogens with two attached hydrogens (primary N) is 4. The van der Waals surface area contributed by atoms with E-state index in [0.717, 1.165) is 0 Å². The van der Waals surface area contributed by atoms with Gasteiger partial charge in [-0.2, -0.15) is 0 Å². The van der Waals surface area contributed by atoms with Gasteiger partial charge >= 0.3 is 12.1 Å². The van der Waals surface area contributed by atoms with Gasteiger partial charge in [0.25, 0.3) is 0 Å². The fourth-order valence-corrected chi connectivity index (χ4v) is 0.818. The minimum atomic E-state index is -0.949. The molecule has 1 unspecified atom stereocenters. The summed E-state index contributed by atoms with van der Waals surface area (Å²) in [6.45, 7) is -0.0142. The summed E-state index contributed by atoms with van der Waals surface area (Å²) < 4.78 is 0. The number of nitrogens with zero attached hydrogens (tertiary/aromatic N) is 2. The van der Waals surface area contributed by atoms with Crippen LogP contribution >= 0.6 is 0 Å². The van der Waals surface area contributed by atoms with Crippen molar-refractivity contribution in [2.24, 2.45) is 23.2 Å².